The average molecular weight is 239 g/mol. The van der Waals surface area contributed by atoms with Crippen LogP contribution in [0.5, 0.6) is 0 Å². The second kappa shape index (κ2) is 8.37. The van der Waals surface area contributed by atoms with Crippen molar-refractivity contribution in [2.24, 2.45) is 10.9 Å². The Hall–Kier alpha value is -0.730. The molecular weight excluding hydrogens is 210 g/mol. The molecule has 0 aliphatic heterocycles. The molecule has 2 N–H and O–H groups in total. The molecule has 0 unspecified atom stereocenters. The normalized spacial score (nSPS) is 17.8. The topological polar surface area (TPSA) is 36.4 Å². The van der Waals surface area contributed by atoms with Crippen molar-refractivity contribution in [1.29, 1.82) is 0 Å². The zero-order valence-corrected chi connectivity index (χ0v) is 11.8. The maximum atomic E-state index is 4.71. The first kappa shape index (κ1) is 14.3. The second-order valence-corrected chi connectivity index (χ2v) is 5.03. The van der Waals surface area contributed by atoms with Crippen molar-refractivity contribution in [3.05, 3.63) is 0 Å². The fourth-order valence-electron chi connectivity index (χ4n) is 2.35. The molecule has 0 amide bonds. The summed E-state index contributed by atoms with van der Waals surface area (Å²) in [5.74, 6) is 1.75. The van der Waals surface area contributed by atoms with Gasteiger partial charge in [-0.15, -0.1) is 0 Å². The van der Waals surface area contributed by atoms with E-state index in [-0.39, 0.29) is 0 Å². The van der Waals surface area contributed by atoms with Crippen molar-refractivity contribution in [3.63, 3.8) is 0 Å². The summed E-state index contributed by atoms with van der Waals surface area (Å²) in [5.41, 5.74) is 0. The molecule has 0 aromatic heterocycles. The number of hydrogen-bond acceptors (Lipinski definition) is 1. The minimum atomic E-state index is 0.648. The number of hydrogen-bond donors (Lipinski definition) is 2. The van der Waals surface area contributed by atoms with Gasteiger partial charge in [-0.25, -0.2) is 0 Å². The third-order valence-corrected chi connectivity index (χ3v) is 3.70. The Kier molecular flexibility index (Phi) is 7.06. The van der Waals surface area contributed by atoms with Crippen LogP contribution in [-0.2, 0) is 0 Å². The van der Waals surface area contributed by atoms with E-state index in [2.05, 4.69) is 31.4 Å². The summed E-state index contributed by atoms with van der Waals surface area (Å²) in [6.45, 7) is 8.53. The molecule has 1 rings (SSSR count). The van der Waals surface area contributed by atoms with Crippen molar-refractivity contribution in [3.8, 4) is 0 Å². The summed E-state index contributed by atoms with van der Waals surface area (Å²) in [7, 11) is 0. The Morgan fingerprint density at radius 1 is 1.18 bits per heavy atom. The molecule has 0 spiro atoms. The predicted molar refractivity (Wildman–Crippen MR) is 75.4 cm³/mol. The summed E-state index contributed by atoms with van der Waals surface area (Å²) in [4.78, 5) is 4.71. The SMILES string of the molecule is CCNC(=NCC(CC)CC)NC1CCCC1. The lowest BCUT2D eigenvalue weighted by atomic mass is 10.0. The van der Waals surface area contributed by atoms with Gasteiger partial charge in [0.05, 0.1) is 0 Å². The van der Waals surface area contributed by atoms with E-state index < -0.39 is 0 Å². The van der Waals surface area contributed by atoms with Crippen LogP contribution in [0.25, 0.3) is 0 Å². The van der Waals surface area contributed by atoms with Crippen molar-refractivity contribution in [2.75, 3.05) is 13.1 Å². The van der Waals surface area contributed by atoms with Crippen LogP contribution in [0.4, 0.5) is 0 Å². The first-order chi connectivity index (χ1) is 8.30. The second-order valence-electron chi connectivity index (χ2n) is 5.03. The minimum absolute atomic E-state index is 0.648. The molecule has 0 aromatic carbocycles. The summed E-state index contributed by atoms with van der Waals surface area (Å²) in [6, 6.07) is 0.648. The molecule has 1 fully saturated rings. The van der Waals surface area contributed by atoms with Crippen LogP contribution in [-0.4, -0.2) is 25.1 Å². The van der Waals surface area contributed by atoms with E-state index >= 15 is 0 Å². The van der Waals surface area contributed by atoms with Crippen LogP contribution in [0.3, 0.4) is 0 Å². The molecule has 0 bridgehead atoms. The summed E-state index contributed by atoms with van der Waals surface area (Å²) in [5, 5.41) is 6.91. The van der Waals surface area contributed by atoms with Gasteiger partial charge in [0.2, 0.25) is 0 Å². The predicted octanol–water partition coefficient (Wildman–Crippen LogP) is 2.92. The molecule has 0 heterocycles. The first-order valence-corrected chi connectivity index (χ1v) is 7.34. The third kappa shape index (κ3) is 5.42. The maximum absolute atomic E-state index is 4.71. The van der Waals surface area contributed by atoms with Crippen molar-refractivity contribution < 1.29 is 0 Å². The molecular formula is C14H29N3. The molecule has 17 heavy (non-hydrogen) atoms. The quantitative estimate of drug-likeness (QED) is 0.552. The molecule has 3 nitrogen and oxygen atoms in total. The molecule has 1 saturated carbocycles. The maximum Gasteiger partial charge on any atom is 0.191 e. The number of nitrogens with one attached hydrogen (secondary N) is 2. The Balaban J connectivity index is 2.41. The van der Waals surface area contributed by atoms with E-state index in [0.717, 1.165) is 25.0 Å². The molecule has 0 atom stereocenters. The number of nitrogens with zero attached hydrogens (tertiary/aromatic N) is 1. The Bertz CT molecular complexity index is 216. The van der Waals surface area contributed by atoms with Gasteiger partial charge in [0.15, 0.2) is 5.96 Å². The van der Waals surface area contributed by atoms with Crippen LogP contribution in [0.1, 0.15) is 59.3 Å². The number of guanidine groups is 1. The van der Waals surface area contributed by atoms with Crippen LogP contribution in [0.15, 0.2) is 4.99 Å². The molecule has 1 aliphatic rings. The van der Waals surface area contributed by atoms with Crippen molar-refractivity contribution in [1.82, 2.24) is 10.6 Å². The minimum Gasteiger partial charge on any atom is -0.357 e. The zero-order chi connectivity index (χ0) is 12.5. The standard InChI is InChI=1S/C14H29N3/c1-4-12(5-2)11-16-14(15-6-3)17-13-9-7-8-10-13/h12-13H,4-11H2,1-3H3,(H2,15,16,17). The smallest absolute Gasteiger partial charge is 0.191 e. The molecule has 3 heteroatoms. The molecule has 100 valence electrons. The highest BCUT2D eigenvalue weighted by Crippen LogP contribution is 2.17. The molecule has 0 aromatic rings. The summed E-state index contributed by atoms with van der Waals surface area (Å²) < 4.78 is 0. The molecule has 1 aliphatic carbocycles. The highest BCUT2D eigenvalue weighted by atomic mass is 15.2. The van der Waals surface area contributed by atoms with E-state index in [9.17, 15) is 0 Å². The lowest BCUT2D eigenvalue weighted by molar-refractivity contribution is 0.502. The largest absolute Gasteiger partial charge is 0.357 e. The monoisotopic (exact) mass is 239 g/mol. The van der Waals surface area contributed by atoms with Crippen LogP contribution in [0.2, 0.25) is 0 Å². The van der Waals surface area contributed by atoms with Crippen LogP contribution >= 0.6 is 0 Å². The lowest BCUT2D eigenvalue weighted by Gasteiger charge is -2.17. The van der Waals surface area contributed by atoms with Crippen LogP contribution < -0.4 is 10.6 Å². The van der Waals surface area contributed by atoms with E-state index in [1.807, 2.05) is 0 Å². The zero-order valence-electron chi connectivity index (χ0n) is 11.8. The van der Waals surface area contributed by atoms with Gasteiger partial charge in [-0.05, 0) is 25.7 Å². The first-order valence-electron chi connectivity index (χ1n) is 7.34. The van der Waals surface area contributed by atoms with E-state index in [4.69, 9.17) is 4.99 Å². The Morgan fingerprint density at radius 2 is 1.82 bits per heavy atom. The lowest BCUT2D eigenvalue weighted by Crippen LogP contribution is -2.42. The number of aliphatic imine (C=N–C) groups is 1. The van der Waals surface area contributed by atoms with E-state index in [1.54, 1.807) is 0 Å². The van der Waals surface area contributed by atoms with E-state index in [1.165, 1.54) is 38.5 Å². The van der Waals surface area contributed by atoms with E-state index in [0.29, 0.717) is 6.04 Å². The van der Waals surface area contributed by atoms with Gasteiger partial charge in [-0.3, -0.25) is 4.99 Å². The van der Waals surface area contributed by atoms with Gasteiger partial charge in [-0.2, -0.15) is 0 Å². The highest BCUT2D eigenvalue weighted by molar-refractivity contribution is 5.80. The summed E-state index contributed by atoms with van der Waals surface area (Å²) in [6.07, 6.45) is 7.78. The van der Waals surface area contributed by atoms with Gasteiger partial charge in [0, 0.05) is 19.1 Å². The highest BCUT2D eigenvalue weighted by Gasteiger charge is 2.15. The third-order valence-electron chi connectivity index (χ3n) is 3.70. The van der Waals surface area contributed by atoms with Gasteiger partial charge >= 0.3 is 0 Å². The van der Waals surface area contributed by atoms with Gasteiger partial charge in [0.1, 0.15) is 0 Å². The fourth-order valence-corrected chi connectivity index (χ4v) is 2.35. The van der Waals surface area contributed by atoms with Crippen LogP contribution in [0, 0.1) is 5.92 Å². The van der Waals surface area contributed by atoms with Crippen molar-refractivity contribution in [2.45, 2.75) is 65.3 Å². The van der Waals surface area contributed by atoms with Gasteiger partial charge in [0.25, 0.3) is 0 Å². The van der Waals surface area contributed by atoms with Gasteiger partial charge < -0.3 is 10.6 Å². The number of rotatable bonds is 6. The molecule has 0 radical (unpaired) electrons. The van der Waals surface area contributed by atoms with Crippen molar-refractivity contribution >= 4 is 5.96 Å². The van der Waals surface area contributed by atoms with Gasteiger partial charge in [-0.1, -0.05) is 39.5 Å². The Morgan fingerprint density at radius 3 is 2.35 bits per heavy atom. The Labute approximate surface area is 106 Å². The summed E-state index contributed by atoms with van der Waals surface area (Å²) >= 11 is 0. The average Bonchev–Trinajstić information content (AvgIpc) is 2.83. The fraction of sp³-hybridized carbons (Fsp3) is 0.929. The molecule has 0 saturated heterocycles.